The second-order valence-electron chi connectivity index (χ2n) is 5.15. The Morgan fingerprint density at radius 2 is 2.13 bits per heavy atom. The number of nitrogens with zero attached hydrogens (tertiary/aromatic N) is 1. The maximum Gasteiger partial charge on any atom is 0.260 e. The molecule has 0 saturated carbocycles. The van der Waals surface area contributed by atoms with Crippen LogP contribution in [0.4, 0.5) is 5.69 Å². The molecule has 0 bridgehead atoms. The highest BCUT2D eigenvalue weighted by molar-refractivity contribution is 7.99. The molecule has 1 aromatic carbocycles. The number of rotatable bonds is 4. The lowest BCUT2D eigenvalue weighted by molar-refractivity contribution is -0.113. The average molecular weight is 345 g/mol. The van der Waals surface area contributed by atoms with Gasteiger partial charge < -0.3 is 10.3 Å². The minimum Gasteiger partial charge on any atom is -0.325 e. The molecule has 2 N–H and O–H groups in total. The number of H-pyrrole nitrogens is 1. The molecule has 23 heavy (non-hydrogen) atoms. The first-order valence-electron chi connectivity index (χ1n) is 7.00. The van der Waals surface area contributed by atoms with Gasteiger partial charge in [0.05, 0.1) is 11.1 Å². The van der Waals surface area contributed by atoms with Gasteiger partial charge in [-0.2, -0.15) is 0 Å². The van der Waals surface area contributed by atoms with Gasteiger partial charge in [-0.3, -0.25) is 9.59 Å². The number of fused-ring (bicyclic) bond motifs is 1. The number of aryl methyl sites for hydroxylation is 2. The van der Waals surface area contributed by atoms with Crippen molar-refractivity contribution in [1.29, 1.82) is 0 Å². The number of carbonyl (C=O) groups excluding carboxylic acids is 1. The van der Waals surface area contributed by atoms with E-state index in [1.807, 2.05) is 37.4 Å². The van der Waals surface area contributed by atoms with E-state index < -0.39 is 0 Å². The number of aromatic amines is 1. The number of thiophene rings is 1. The van der Waals surface area contributed by atoms with E-state index >= 15 is 0 Å². The number of hydrogen-bond acceptors (Lipinski definition) is 5. The molecule has 3 aromatic rings. The van der Waals surface area contributed by atoms with E-state index in [9.17, 15) is 9.59 Å². The van der Waals surface area contributed by atoms with Crippen LogP contribution in [0.3, 0.4) is 0 Å². The number of aromatic nitrogens is 2. The van der Waals surface area contributed by atoms with Crippen molar-refractivity contribution in [2.75, 3.05) is 11.1 Å². The summed E-state index contributed by atoms with van der Waals surface area (Å²) >= 11 is 2.63. The van der Waals surface area contributed by atoms with Crippen LogP contribution in [0, 0.1) is 13.8 Å². The number of carbonyl (C=O) groups is 1. The first-order valence-corrected chi connectivity index (χ1v) is 8.87. The lowest BCUT2D eigenvalue weighted by Crippen LogP contribution is -2.15. The average Bonchev–Trinajstić information content (AvgIpc) is 2.98. The van der Waals surface area contributed by atoms with Crippen molar-refractivity contribution < 1.29 is 4.79 Å². The van der Waals surface area contributed by atoms with Crippen molar-refractivity contribution in [1.82, 2.24) is 9.97 Å². The highest BCUT2D eigenvalue weighted by Crippen LogP contribution is 2.19. The van der Waals surface area contributed by atoms with Gasteiger partial charge in [0, 0.05) is 5.69 Å². The first-order chi connectivity index (χ1) is 11.0. The van der Waals surface area contributed by atoms with Crippen molar-refractivity contribution in [3.8, 4) is 0 Å². The van der Waals surface area contributed by atoms with E-state index in [0.29, 0.717) is 15.4 Å². The number of hydrogen-bond donors (Lipinski definition) is 2. The summed E-state index contributed by atoms with van der Waals surface area (Å²) in [6.07, 6.45) is 0. The summed E-state index contributed by atoms with van der Waals surface area (Å²) in [6, 6.07) is 7.53. The Balaban J connectivity index is 1.65. The van der Waals surface area contributed by atoms with Crippen LogP contribution in [0.25, 0.3) is 10.2 Å². The molecule has 0 aliphatic rings. The Morgan fingerprint density at radius 1 is 1.30 bits per heavy atom. The molecule has 3 rings (SSSR count). The molecule has 5 nitrogen and oxygen atoms in total. The van der Waals surface area contributed by atoms with Crippen LogP contribution >= 0.6 is 23.1 Å². The third-order valence-corrected chi connectivity index (χ3v) is 5.12. The third kappa shape index (κ3) is 3.62. The predicted octanol–water partition coefficient (Wildman–Crippen LogP) is 3.33. The SMILES string of the molecule is Cc1ccc(NC(=O)CSc2nc3sccc3c(=O)[nH]2)cc1C. The zero-order chi connectivity index (χ0) is 16.4. The second kappa shape index (κ2) is 6.55. The molecule has 7 heteroatoms. The van der Waals surface area contributed by atoms with Crippen molar-refractivity contribution in [3.05, 3.63) is 51.1 Å². The number of benzene rings is 1. The van der Waals surface area contributed by atoms with Crippen molar-refractivity contribution in [3.63, 3.8) is 0 Å². The van der Waals surface area contributed by atoms with Gasteiger partial charge in [0.2, 0.25) is 5.91 Å². The summed E-state index contributed by atoms with van der Waals surface area (Å²) < 4.78 is 0. The predicted molar refractivity (Wildman–Crippen MR) is 95.5 cm³/mol. The minimum atomic E-state index is -0.173. The summed E-state index contributed by atoms with van der Waals surface area (Å²) in [5.74, 6) is 0.0550. The molecule has 0 unspecified atom stereocenters. The van der Waals surface area contributed by atoms with Gasteiger partial charge in [-0.05, 0) is 48.6 Å². The largest absolute Gasteiger partial charge is 0.325 e. The van der Waals surface area contributed by atoms with Crippen LogP contribution < -0.4 is 10.9 Å². The smallest absolute Gasteiger partial charge is 0.260 e. The van der Waals surface area contributed by atoms with Crippen molar-refractivity contribution in [2.45, 2.75) is 19.0 Å². The lowest BCUT2D eigenvalue weighted by Gasteiger charge is -2.07. The Labute approximate surface area is 141 Å². The molecule has 0 fully saturated rings. The van der Waals surface area contributed by atoms with E-state index in [4.69, 9.17) is 0 Å². The number of amides is 1. The van der Waals surface area contributed by atoms with Crippen LogP contribution in [0.1, 0.15) is 11.1 Å². The summed E-state index contributed by atoms with van der Waals surface area (Å²) in [4.78, 5) is 31.6. The topological polar surface area (TPSA) is 74.8 Å². The van der Waals surface area contributed by atoms with Gasteiger partial charge in [-0.1, -0.05) is 17.8 Å². The summed E-state index contributed by atoms with van der Waals surface area (Å²) in [5.41, 5.74) is 2.91. The molecule has 0 radical (unpaired) electrons. The van der Waals surface area contributed by atoms with Gasteiger partial charge in [0.15, 0.2) is 5.16 Å². The molecule has 2 aromatic heterocycles. The Morgan fingerprint density at radius 3 is 2.91 bits per heavy atom. The van der Waals surface area contributed by atoms with Crippen LogP contribution in [0.5, 0.6) is 0 Å². The zero-order valence-electron chi connectivity index (χ0n) is 12.7. The van der Waals surface area contributed by atoms with Crippen LogP contribution in [0.15, 0.2) is 39.6 Å². The first kappa shape index (κ1) is 15.8. The fraction of sp³-hybridized carbons (Fsp3) is 0.188. The quantitative estimate of drug-likeness (QED) is 0.562. The van der Waals surface area contributed by atoms with E-state index in [1.165, 1.54) is 28.7 Å². The molecule has 0 spiro atoms. The molecule has 0 aliphatic carbocycles. The van der Waals surface area contributed by atoms with Gasteiger partial charge >= 0.3 is 0 Å². The Bertz CT molecular complexity index is 930. The lowest BCUT2D eigenvalue weighted by atomic mass is 10.1. The number of nitrogens with one attached hydrogen (secondary N) is 2. The van der Waals surface area contributed by atoms with Crippen molar-refractivity contribution in [2.24, 2.45) is 0 Å². The Kier molecular flexibility index (Phi) is 4.49. The molecule has 118 valence electrons. The van der Waals surface area contributed by atoms with Crippen LogP contribution in [-0.2, 0) is 4.79 Å². The van der Waals surface area contributed by atoms with Crippen LogP contribution in [-0.4, -0.2) is 21.6 Å². The maximum absolute atomic E-state index is 12.0. The summed E-state index contributed by atoms with van der Waals surface area (Å²) in [5, 5.41) is 5.72. The number of anilines is 1. The molecule has 0 saturated heterocycles. The molecule has 0 aliphatic heterocycles. The van der Waals surface area contributed by atoms with Gasteiger partial charge in [0.25, 0.3) is 5.56 Å². The van der Waals surface area contributed by atoms with Gasteiger partial charge in [-0.15, -0.1) is 11.3 Å². The van der Waals surface area contributed by atoms with E-state index in [2.05, 4.69) is 15.3 Å². The molecule has 0 atom stereocenters. The zero-order valence-corrected chi connectivity index (χ0v) is 14.3. The monoisotopic (exact) mass is 345 g/mol. The normalized spacial score (nSPS) is 10.9. The molecule has 2 heterocycles. The standard InChI is InChI=1S/C16H15N3O2S2/c1-9-3-4-11(7-10(9)2)17-13(20)8-23-16-18-14(21)12-5-6-22-15(12)19-16/h3-7H,8H2,1-2H3,(H,17,20)(H,18,19,21). The minimum absolute atomic E-state index is 0.132. The fourth-order valence-electron chi connectivity index (χ4n) is 2.06. The van der Waals surface area contributed by atoms with Gasteiger partial charge in [0.1, 0.15) is 4.83 Å². The highest BCUT2D eigenvalue weighted by Gasteiger charge is 2.09. The Hall–Kier alpha value is -2.12. The second-order valence-corrected chi connectivity index (χ2v) is 7.01. The number of thioether (sulfide) groups is 1. The molecular weight excluding hydrogens is 330 g/mol. The van der Waals surface area contributed by atoms with Crippen molar-refractivity contribution >= 4 is 44.9 Å². The van der Waals surface area contributed by atoms with E-state index in [1.54, 1.807) is 6.07 Å². The fourth-order valence-corrected chi connectivity index (χ4v) is 3.55. The molecule has 1 amide bonds. The van der Waals surface area contributed by atoms with Crippen LogP contribution in [0.2, 0.25) is 0 Å². The third-order valence-electron chi connectivity index (χ3n) is 3.44. The molecular formula is C16H15N3O2S2. The maximum atomic E-state index is 12.0. The summed E-state index contributed by atoms with van der Waals surface area (Å²) in [6.45, 7) is 4.03. The van der Waals surface area contributed by atoms with Gasteiger partial charge in [-0.25, -0.2) is 4.98 Å². The van der Waals surface area contributed by atoms with E-state index in [0.717, 1.165) is 11.3 Å². The summed E-state index contributed by atoms with van der Waals surface area (Å²) in [7, 11) is 0. The highest BCUT2D eigenvalue weighted by atomic mass is 32.2. The van der Waals surface area contributed by atoms with E-state index in [-0.39, 0.29) is 17.2 Å².